The summed E-state index contributed by atoms with van der Waals surface area (Å²) in [6.45, 7) is 9.43. The van der Waals surface area contributed by atoms with Crippen molar-refractivity contribution < 1.29 is 47.0 Å². The average Bonchev–Trinajstić information content (AvgIpc) is 3.75. The van der Waals surface area contributed by atoms with E-state index in [1.807, 2.05) is 13.8 Å². The van der Waals surface area contributed by atoms with E-state index in [0.717, 1.165) is 36.3 Å². The van der Waals surface area contributed by atoms with Crippen molar-refractivity contribution in [2.45, 2.75) is 193 Å². The normalized spacial score (nSPS) is 24.3. The molecule has 0 aromatic carbocycles. The van der Waals surface area contributed by atoms with Crippen LogP contribution in [0.5, 0.6) is 0 Å². The lowest BCUT2D eigenvalue weighted by Crippen LogP contribution is -2.46. The van der Waals surface area contributed by atoms with Crippen molar-refractivity contribution in [3.8, 4) is 0 Å². The molecule has 4 rings (SSSR count). The number of anilines is 1. The Hall–Kier alpha value is -3.26. The number of H-pyrrole nitrogens is 1. The zero-order valence-corrected chi connectivity index (χ0v) is 40.6. The molecule has 0 radical (unpaired) electrons. The van der Waals surface area contributed by atoms with Crippen LogP contribution in [0.2, 0.25) is 0 Å². The first-order valence-corrected chi connectivity index (χ1v) is 25.2. The van der Waals surface area contributed by atoms with Gasteiger partial charge >= 0.3 is 19.2 Å². The van der Waals surface area contributed by atoms with Gasteiger partial charge in [-0.15, -0.1) is 0 Å². The van der Waals surface area contributed by atoms with Crippen LogP contribution < -0.4 is 22.7 Å². The predicted octanol–water partition coefficient (Wildman–Crippen LogP) is 6.24. The molecule has 2 aromatic heterocycles. The fourth-order valence-corrected chi connectivity index (χ4v) is 9.83. The number of amides is 1. The van der Waals surface area contributed by atoms with Gasteiger partial charge in [0.2, 0.25) is 5.91 Å². The van der Waals surface area contributed by atoms with E-state index in [0.29, 0.717) is 13.0 Å². The highest BCUT2D eigenvalue weighted by Gasteiger charge is 2.52. The third-order valence-corrected chi connectivity index (χ3v) is 13.2. The summed E-state index contributed by atoms with van der Waals surface area (Å²) in [5.41, 5.74) is 3.72. The fourth-order valence-electron chi connectivity index (χ4n) is 8.68. The lowest BCUT2D eigenvalue weighted by molar-refractivity contribution is -0.137. The second-order valence-corrected chi connectivity index (χ2v) is 19.2. The van der Waals surface area contributed by atoms with Crippen molar-refractivity contribution in [3.05, 3.63) is 55.8 Å². The number of carbonyl (C=O) groups excluding carboxylic acids is 1. The molecule has 0 aliphatic carbocycles. The van der Waals surface area contributed by atoms with Crippen LogP contribution in [0, 0.1) is 5.92 Å². The van der Waals surface area contributed by atoms with Gasteiger partial charge in [-0.1, -0.05) is 96.8 Å². The largest absolute Gasteiger partial charge is 0.472 e. The Labute approximate surface area is 383 Å². The van der Waals surface area contributed by atoms with E-state index >= 15 is 0 Å². The van der Waals surface area contributed by atoms with Gasteiger partial charge in [-0.05, 0) is 40.2 Å². The number of unbranched alkanes of at least 4 members (excludes halogenated alkanes) is 14. The maximum atomic E-state index is 14.8. The van der Waals surface area contributed by atoms with Crippen LogP contribution in [0.15, 0.2) is 38.9 Å². The summed E-state index contributed by atoms with van der Waals surface area (Å²) in [6, 6.07) is 2.62. The number of hydrogen-bond donors (Lipinski definition) is 3. The molecule has 370 valence electrons. The van der Waals surface area contributed by atoms with Crippen LogP contribution in [0.1, 0.15) is 150 Å². The van der Waals surface area contributed by atoms with Gasteiger partial charge in [0, 0.05) is 58.1 Å². The molecule has 9 atom stereocenters. The molecule has 2 saturated heterocycles. The first kappa shape index (κ1) is 54.3. The number of phosphoric ester groups is 1. The quantitative estimate of drug-likeness (QED) is 0.0560. The summed E-state index contributed by atoms with van der Waals surface area (Å²) in [7, 11) is -1.92. The van der Waals surface area contributed by atoms with Gasteiger partial charge in [0.1, 0.15) is 30.2 Å². The molecule has 2 aromatic rings. The third kappa shape index (κ3) is 17.1. The van der Waals surface area contributed by atoms with Crippen LogP contribution >= 0.6 is 7.82 Å². The molecule has 0 bridgehead atoms. The Morgan fingerprint density at radius 1 is 0.815 bits per heavy atom. The van der Waals surface area contributed by atoms with E-state index in [1.54, 1.807) is 18.7 Å². The Morgan fingerprint density at radius 2 is 1.37 bits per heavy atom. The number of nitrogens with zero attached hydrogens (tertiary/aromatic N) is 4. The van der Waals surface area contributed by atoms with E-state index in [9.17, 15) is 28.6 Å². The standard InChI is InChI=1S/C45H77N6O13P/c1-8-9-10-11-12-13-14-15-16-17-18-19-20-21-22-25-49(38(53)28-33-35(30-60-31(2)3)62-42(39(33)58-6)50-26-23-36(46)47-44(50)54)29-34-40(64-65(56,57)63-32(4)5)41(59-7)43(61-34)51-27-24-37(52)48-45(51)55/h23-24,26-27,31-35,39-43H,8-22,25,28-30H2,1-7H3,(H,56,57)(H2,46,47,54)(H,48,52,55)/t33?,34-,35-,39?,40?,41?,42-,43-/m1/s1. The lowest BCUT2D eigenvalue weighted by Gasteiger charge is -2.31. The molecular weight excluding hydrogens is 863 g/mol. The van der Waals surface area contributed by atoms with E-state index < -0.39 is 79.8 Å². The van der Waals surface area contributed by atoms with Gasteiger partial charge in [-0.2, -0.15) is 4.98 Å². The molecule has 1 amide bonds. The number of hydrogen-bond acceptors (Lipinski definition) is 14. The lowest BCUT2D eigenvalue weighted by atomic mass is 9.93. The number of aromatic nitrogens is 4. The molecule has 19 nitrogen and oxygen atoms in total. The zero-order chi connectivity index (χ0) is 47.5. The highest BCUT2D eigenvalue weighted by molar-refractivity contribution is 7.47. The second kappa shape index (κ2) is 27.5. The molecule has 0 saturated carbocycles. The molecule has 2 fully saturated rings. The van der Waals surface area contributed by atoms with Crippen LogP contribution in [0.3, 0.4) is 0 Å². The van der Waals surface area contributed by atoms with Crippen molar-refractivity contribution in [1.29, 1.82) is 0 Å². The van der Waals surface area contributed by atoms with Crippen LogP contribution in [0.4, 0.5) is 5.82 Å². The highest BCUT2D eigenvalue weighted by atomic mass is 31.2. The summed E-state index contributed by atoms with van der Waals surface area (Å²) < 4.78 is 57.4. The van der Waals surface area contributed by atoms with Crippen molar-refractivity contribution >= 4 is 19.5 Å². The fraction of sp³-hybridized carbons (Fsp3) is 0.800. The monoisotopic (exact) mass is 941 g/mol. The number of aromatic amines is 1. The number of phosphoric acid groups is 1. The zero-order valence-electron chi connectivity index (χ0n) is 39.7. The molecule has 5 unspecified atom stereocenters. The molecule has 0 spiro atoms. The first-order chi connectivity index (χ1) is 31.1. The number of ether oxygens (including phenoxy) is 5. The summed E-state index contributed by atoms with van der Waals surface area (Å²) in [5.74, 6) is -0.861. The van der Waals surface area contributed by atoms with Crippen molar-refractivity contribution in [1.82, 2.24) is 24.0 Å². The predicted molar refractivity (Wildman–Crippen MR) is 245 cm³/mol. The second-order valence-electron chi connectivity index (χ2n) is 17.8. The van der Waals surface area contributed by atoms with Gasteiger partial charge in [0.05, 0.1) is 24.9 Å². The SMILES string of the molecule is CCCCCCCCCCCCCCCCCN(C[C@H]1O[C@@H](n2ccc(=O)[nH]c2=O)C(OC)C1OP(=O)(O)OC(C)C)C(=O)CC1C(OC)[C@H](n2ccc(N)nc2=O)O[C@@H]1COC(C)C. The van der Waals surface area contributed by atoms with Gasteiger partial charge in [-0.3, -0.25) is 32.8 Å². The Morgan fingerprint density at radius 3 is 1.91 bits per heavy atom. The number of nitrogens with one attached hydrogen (secondary N) is 1. The van der Waals surface area contributed by atoms with Crippen molar-refractivity contribution in [2.24, 2.45) is 5.92 Å². The molecule has 20 heteroatoms. The van der Waals surface area contributed by atoms with Gasteiger partial charge in [0.25, 0.3) is 5.56 Å². The Balaban J connectivity index is 1.55. The summed E-state index contributed by atoms with van der Waals surface area (Å²) in [4.78, 5) is 71.5. The van der Waals surface area contributed by atoms with Crippen molar-refractivity contribution in [3.63, 3.8) is 0 Å². The third-order valence-electron chi connectivity index (χ3n) is 12.0. The van der Waals surface area contributed by atoms with E-state index in [-0.39, 0.29) is 37.4 Å². The number of nitrogens with two attached hydrogens (primary N) is 1. The minimum Gasteiger partial charge on any atom is -0.383 e. The van der Waals surface area contributed by atoms with Gasteiger partial charge in [-0.25, -0.2) is 14.2 Å². The maximum Gasteiger partial charge on any atom is 0.472 e. The molecule has 4 heterocycles. The van der Waals surface area contributed by atoms with Gasteiger partial charge in [0.15, 0.2) is 12.5 Å². The number of methoxy groups -OCH3 is 2. The number of rotatable bonds is 31. The molecule has 65 heavy (non-hydrogen) atoms. The topological polar surface area (TPSA) is 238 Å². The van der Waals surface area contributed by atoms with Gasteiger partial charge < -0.3 is 39.2 Å². The van der Waals surface area contributed by atoms with Crippen LogP contribution in [0.25, 0.3) is 0 Å². The Bertz CT molecular complexity index is 1940. The summed E-state index contributed by atoms with van der Waals surface area (Å²) in [6.07, 6.45) is 12.2. The molecular formula is C45H77N6O13P. The van der Waals surface area contributed by atoms with Crippen LogP contribution in [-0.4, -0.2) is 111 Å². The minimum atomic E-state index is -4.74. The number of nitrogen functional groups attached to an aromatic ring is 1. The highest BCUT2D eigenvalue weighted by Crippen LogP contribution is 2.50. The first-order valence-electron chi connectivity index (χ1n) is 23.7. The maximum absolute atomic E-state index is 14.8. The van der Waals surface area contributed by atoms with E-state index in [2.05, 4.69) is 16.9 Å². The Kier molecular flexibility index (Phi) is 23.0. The molecule has 2 aliphatic rings. The summed E-state index contributed by atoms with van der Waals surface area (Å²) >= 11 is 0. The van der Waals surface area contributed by atoms with Crippen LogP contribution in [-0.2, 0) is 42.1 Å². The smallest absolute Gasteiger partial charge is 0.383 e. The summed E-state index contributed by atoms with van der Waals surface area (Å²) in [5, 5.41) is 0. The molecule has 2 aliphatic heterocycles. The number of carbonyl (C=O) groups is 1. The minimum absolute atomic E-state index is 0.0483. The molecule has 4 N–H and O–H groups in total. The average molecular weight is 941 g/mol. The van der Waals surface area contributed by atoms with Crippen molar-refractivity contribution in [2.75, 3.05) is 39.6 Å². The van der Waals surface area contributed by atoms with E-state index in [4.69, 9.17) is 38.5 Å². The van der Waals surface area contributed by atoms with E-state index in [1.165, 1.54) is 101 Å².